The van der Waals surface area contributed by atoms with Crippen LogP contribution in [0.25, 0.3) is 0 Å². The Morgan fingerprint density at radius 3 is 2.65 bits per heavy atom. The summed E-state index contributed by atoms with van der Waals surface area (Å²) in [5, 5.41) is 7.78. The number of nitrogens with zero attached hydrogens (tertiary/aromatic N) is 1. The first-order valence-corrected chi connectivity index (χ1v) is 9.90. The number of methoxy groups -OCH3 is 1. The van der Waals surface area contributed by atoms with E-state index in [1.165, 1.54) is 4.90 Å². The van der Waals surface area contributed by atoms with Crippen molar-refractivity contribution in [2.45, 2.75) is 32.0 Å². The van der Waals surface area contributed by atoms with Crippen LogP contribution < -0.4 is 20.7 Å². The molecule has 2 aliphatic rings. The Hall–Kier alpha value is -3.88. The van der Waals surface area contributed by atoms with E-state index >= 15 is 0 Å². The molecule has 2 aromatic rings. The van der Waals surface area contributed by atoms with Crippen LogP contribution in [0.15, 0.2) is 42.5 Å². The largest absolute Gasteiger partial charge is 0.497 e. The molecule has 2 aliphatic heterocycles. The van der Waals surface area contributed by atoms with E-state index in [9.17, 15) is 19.2 Å². The Bertz CT molecular complexity index is 1050. The van der Waals surface area contributed by atoms with E-state index in [0.29, 0.717) is 30.0 Å². The van der Waals surface area contributed by atoms with Crippen molar-refractivity contribution in [3.05, 3.63) is 59.2 Å². The summed E-state index contributed by atoms with van der Waals surface area (Å²) in [5.74, 6) is -0.296. The van der Waals surface area contributed by atoms with Crippen molar-refractivity contribution in [3.63, 3.8) is 0 Å². The number of ether oxygens (including phenoxy) is 1. The van der Waals surface area contributed by atoms with Gasteiger partial charge in [0.15, 0.2) is 0 Å². The molecule has 5 amide bonds. The molecule has 0 spiro atoms. The fraction of sp³-hybridized carbons (Fsp3) is 0.273. The molecule has 1 saturated heterocycles. The second kappa shape index (κ2) is 8.47. The van der Waals surface area contributed by atoms with Crippen molar-refractivity contribution < 1.29 is 23.9 Å². The number of nitrogens with one attached hydrogen (secondary N) is 3. The first-order chi connectivity index (χ1) is 14.9. The van der Waals surface area contributed by atoms with Gasteiger partial charge in [-0.25, -0.2) is 4.79 Å². The number of rotatable bonds is 5. The number of anilines is 1. The summed E-state index contributed by atoms with van der Waals surface area (Å²) < 4.78 is 5.09. The molecule has 0 saturated carbocycles. The van der Waals surface area contributed by atoms with Crippen LogP contribution in [-0.4, -0.2) is 41.8 Å². The van der Waals surface area contributed by atoms with E-state index in [4.69, 9.17) is 4.74 Å². The maximum absolute atomic E-state index is 12.9. The van der Waals surface area contributed by atoms with Crippen LogP contribution in [0.4, 0.5) is 10.5 Å². The second-order valence-corrected chi connectivity index (χ2v) is 7.43. The molecule has 4 rings (SSSR count). The van der Waals surface area contributed by atoms with Crippen molar-refractivity contribution in [1.82, 2.24) is 15.5 Å². The fourth-order valence-corrected chi connectivity index (χ4v) is 3.74. The highest BCUT2D eigenvalue weighted by molar-refractivity contribution is 6.05. The molecule has 160 valence electrons. The number of urea groups is 1. The summed E-state index contributed by atoms with van der Waals surface area (Å²) in [6.07, 6.45) is 0.541. The zero-order valence-electron chi connectivity index (χ0n) is 16.9. The maximum atomic E-state index is 12.9. The van der Waals surface area contributed by atoms with Gasteiger partial charge in [0, 0.05) is 30.8 Å². The molecule has 1 fully saturated rings. The number of hydrogen-bond donors (Lipinski definition) is 3. The van der Waals surface area contributed by atoms with Crippen molar-refractivity contribution in [2.24, 2.45) is 0 Å². The topological polar surface area (TPSA) is 117 Å². The van der Waals surface area contributed by atoms with Crippen LogP contribution in [0, 0.1) is 0 Å². The van der Waals surface area contributed by atoms with Gasteiger partial charge in [0.2, 0.25) is 11.8 Å². The molecular formula is C22H22N4O5. The highest BCUT2D eigenvalue weighted by Gasteiger charge is 2.39. The molecular weight excluding hydrogens is 400 g/mol. The minimum atomic E-state index is -0.644. The number of piperidine rings is 1. The predicted molar refractivity (Wildman–Crippen MR) is 111 cm³/mol. The van der Waals surface area contributed by atoms with Gasteiger partial charge < -0.3 is 20.3 Å². The molecule has 0 aromatic heterocycles. The SMILES string of the molecule is COc1ccc(NC(=O)NCc2ccc3c(c2)C(=O)N(C2CCC(=O)NC2=O)C3)cc1. The summed E-state index contributed by atoms with van der Waals surface area (Å²) >= 11 is 0. The molecule has 3 N–H and O–H groups in total. The van der Waals surface area contributed by atoms with E-state index in [0.717, 1.165) is 11.1 Å². The average molecular weight is 422 g/mol. The Morgan fingerprint density at radius 2 is 1.94 bits per heavy atom. The van der Waals surface area contributed by atoms with E-state index in [1.54, 1.807) is 37.4 Å². The maximum Gasteiger partial charge on any atom is 0.319 e. The zero-order valence-corrected chi connectivity index (χ0v) is 16.9. The summed E-state index contributed by atoms with van der Waals surface area (Å²) in [5.41, 5.74) is 2.73. The quantitative estimate of drug-likeness (QED) is 0.635. The van der Waals surface area contributed by atoms with E-state index in [2.05, 4.69) is 16.0 Å². The minimum absolute atomic E-state index is 0.217. The number of hydrogen-bond acceptors (Lipinski definition) is 5. The van der Waals surface area contributed by atoms with Gasteiger partial charge in [-0.15, -0.1) is 0 Å². The molecule has 31 heavy (non-hydrogen) atoms. The lowest BCUT2D eigenvalue weighted by molar-refractivity contribution is -0.136. The summed E-state index contributed by atoms with van der Waals surface area (Å²) in [6.45, 7) is 0.563. The normalized spacial score (nSPS) is 17.8. The Morgan fingerprint density at radius 1 is 1.16 bits per heavy atom. The number of imide groups is 1. The minimum Gasteiger partial charge on any atom is -0.497 e. The van der Waals surface area contributed by atoms with Gasteiger partial charge in [-0.3, -0.25) is 19.7 Å². The molecule has 1 atom stereocenters. The number of amides is 5. The molecule has 9 heteroatoms. The molecule has 2 aromatic carbocycles. The third-order valence-electron chi connectivity index (χ3n) is 5.39. The molecule has 1 unspecified atom stereocenters. The Labute approximate surface area is 178 Å². The molecule has 0 bridgehead atoms. The molecule has 9 nitrogen and oxygen atoms in total. The van der Waals surface area contributed by atoms with E-state index in [1.807, 2.05) is 12.1 Å². The van der Waals surface area contributed by atoms with E-state index < -0.39 is 11.9 Å². The Balaban J connectivity index is 1.36. The number of carbonyl (C=O) groups excluding carboxylic acids is 4. The average Bonchev–Trinajstić information content (AvgIpc) is 3.08. The number of carbonyl (C=O) groups is 4. The molecule has 2 heterocycles. The van der Waals surface area contributed by atoms with E-state index in [-0.39, 0.29) is 30.8 Å². The van der Waals surface area contributed by atoms with Gasteiger partial charge in [0.1, 0.15) is 11.8 Å². The standard InChI is InChI=1S/C22H22N4O5/c1-31-16-6-4-15(5-7-16)24-22(30)23-11-13-2-3-14-12-26(21(29)17(14)10-13)18-8-9-19(27)25-20(18)28/h2-7,10,18H,8-9,11-12H2,1H3,(H2,23,24,30)(H,25,27,28). The number of fused-ring (bicyclic) bond motifs is 1. The lowest BCUT2D eigenvalue weighted by Gasteiger charge is -2.29. The Kier molecular flexibility index (Phi) is 5.57. The smallest absolute Gasteiger partial charge is 0.319 e. The summed E-state index contributed by atoms with van der Waals surface area (Å²) in [6, 6.07) is 11.3. The van der Waals surface area contributed by atoms with Crippen molar-refractivity contribution >= 4 is 29.4 Å². The highest BCUT2D eigenvalue weighted by Crippen LogP contribution is 2.28. The van der Waals surface area contributed by atoms with Crippen molar-refractivity contribution in [2.75, 3.05) is 12.4 Å². The van der Waals surface area contributed by atoms with Gasteiger partial charge >= 0.3 is 6.03 Å². The third kappa shape index (κ3) is 4.35. The lowest BCUT2D eigenvalue weighted by atomic mass is 10.0. The van der Waals surface area contributed by atoms with Crippen LogP contribution in [0.3, 0.4) is 0 Å². The van der Waals surface area contributed by atoms with Crippen LogP contribution in [0.5, 0.6) is 5.75 Å². The van der Waals surface area contributed by atoms with Gasteiger partial charge in [-0.1, -0.05) is 12.1 Å². The predicted octanol–water partition coefficient (Wildman–Crippen LogP) is 1.78. The fourth-order valence-electron chi connectivity index (χ4n) is 3.74. The van der Waals surface area contributed by atoms with Gasteiger partial charge in [0.05, 0.1) is 7.11 Å². The van der Waals surface area contributed by atoms with Gasteiger partial charge in [-0.05, 0) is 47.9 Å². The lowest BCUT2D eigenvalue weighted by Crippen LogP contribution is -2.52. The first kappa shape index (κ1) is 20.4. The number of benzene rings is 2. The first-order valence-electron chi connectivity index (χ1n) is 9.90. The summed E-state index contributed by atoms with van der Waals surface area (Å²) in [4.78, 5) is 50.0. The molecule has 0 aliphatic carbocycles. The van der Waals surface area contributed by atoms with Crippen molar-refractivity contribution in [3.8, 4) is 5.75 Å². The van der Waals surface area contributed by atoms with Gasteiger partial charge in [0.25, 0.3) is 5.91 Å². The van der Waals surface area contributed by atoms with Crippen molar-refractivity contribution in [1.29, 1.82) is 0 Å². The zero-order chi connectivity index (χ0) is 22.0. The highest BCUT2D eigenvalue weighted by atomic mass is 16.5. The van der Waals surface area contributed by atoms with Crippen LogP contribution in [-0.2, 0) is 22.7 Å². The van der Waals surface area contributed by atoms with Crippen LogP contribution in [0.1, 0.15) is 34.3 Å². The van der Waals surface area contributed by atoms with Gasteiger partial charge in [-0.2, -0.15) is 0 Å². The summed E-state index contributed by atoms with van der Waals surface area (Å²) in [7, 11) is 1.57. The monoisotopic (exact) mass is 422 g/mol. The third-order valence-corrected chi connectivity index (χ3v) is 5.39. The molecule has 0 radical (unpaired) electrons. The second-order valence-electron chi connectivity index (χ2n) is 7.43. The van der Waals surface area contributed by atoms with Crippen LogP contribution >= 0.6 is 0 Å². The van der Waals surface area contributed by atoms with Crippen LogP contribution in [0.2, 0.25) is 0 Å².